The molecule has 0 spiro atoms. The van der Waals surface area contributed by atoms with Gasteiger partial charge in [-0.15, -0.1) is 0 Å². The molecule has 2 rings (SSSR count). The lowest BCUT2D eigenvalue weighted by Crippen LogP contribution is -2.41. The molecule has 0 radical (unpaired) electrons. The lowest BCUT2D eigenvalue weighted by molar-refractivity contribution is -0.132. The molecule has 1 aromatic carbocycles. The predicted molar refractivity (Wildman–Crippen MR) is 82.2 cm³/mol. The molecule has 0 atom stereocenters. The fourth-order valence-electron chi connectivity index (χ4n) is 2.23. The van der Waals surface area contributed by atoms with Crippen LogP contribution >= 0.6 is 0 Å². The molecule has 1 aliphatic carbocycles. The van der Waals surface area contributed by atoms with Gasteiger partial charge < -0.3 is 10.6 Å². The van der Waals surface area contributed by atoms with Crippen molar-refractivity contribution >= 4 is 11.6 Å². The van der Waals surface area contributed by atoms with Gasteiger partial charge in [0.25, 0.3) is 0 Å². The monoisotopic (exact) mass is 275 g/mol. The SMILES string of the molecule is CC(C)N(CC(=O)N(C)C1CC1)Cc1ccc(N)cc1. The van der Waals surface area contributed by atoms with Crippen molar-refractivity contribution < 1.29 is 4.79 Å². The molecule has 2 N–H and O–H groups in total. The molecule has 0 unspecified atom stereocenters. The third-order valence-electron chi connectivity index (χ3n) is 3.92. The molecule has 1 amide bonds. The summed E-state index contributed by atoms with van der Waals surface area (Å²) in [6.07, 6.45) is 2.31. The minimum atomic E-state index is 0.219. The molecule has 0 aliphatic heterocycles. The summed E-state index contributed by atoms with van der Waals surface area (Å²) in [5.74, 6) is 0.219. The average Bonchev–Trinajstić information content (AvgIpc) is 3.23. The maximum atomic E-state index is 12.2. The number of carbonyl (C=O) groups excluding carboxylic acids is 1. The summed E-state index contributed by atoms with van der Waals surface area (Å²) >= 11 is 0. The Kier molecular flexibility index (Phi) is 4.65. The first kappa shape index (κ1) is 14.9. The number of hydrogen-bond acceptors (Lipinski definition) is 3. The summed E-state index contributed by atoms with van der Waals surface area (Å²) in [6.45, 7) is 5.51. The van der Waals surface area contributed by atoms with E-state index in [0.29, 0.717) is 18.6 Å². The second-order valence-electron chi connectivity index (χ2n) is 5.98. The van der Waals surface area contributed by atoms with Crippen molar-refractivity contribution in [3.63, 3.8) is 0 Å². The van der Waals surface area contributed by atoms with E-state index in [2.05, 4.69) is 18.7 Å². The fraction of sp³-hybridized carbons (Fsp3) is 0.562. The van der Waals surface area contributed by atoms with Crippen LogP contribution in [0.4, 0.5) is 5.69 Å². The van der Waals surface area contributed by atoms with E-state index in [-0.39, 0.29) is 5.91 Å². The number of nitrogen functional groups attached to an aromatic ring is 1. The third kappa shape index (κ3) is 3.97. The third-order valence-corrected chi connectivity index (χ3v) is 3.92. The Bertz CT molecular complexity index is 451. The van der Waals surface area contributed by atoms with Gasteiger partial charge in [0.1, 0.15) is 0 Å². The van der Waals surface area contributed by atoms with Gasteiger partial charge in [-0.1, -0.05) is 12.1 Å². The Morgan fingerprint density at radius 1 is 1.30 bits per heavy atom. The van der Waals surface area contributed by atoms with E-state index >= 15 is 0 Å². The topological polar surface area (TPSA) is 49.6 Å². The Labute approximate surface area is 121 Å². The predicted octanol–water partition coefficient (Wildman–Crippen LogP) is 2.10. The van der Waals surface area contributed by atoms with Gasteiger partial charge in [-0.3, -0.25) is 9.69 Å². The summed E-state index contributed by atoms with van der Waals surface area (Å²) < 4.78 is 0. The van der Waals surface area contributed by atoms with E-state index in [1.165, 1.54) is 5.56 Å². The number of benzene rings is 1. The highest BCUT2D eigenvalue weighted by atomic mass is 16.2. The smallest absolute Gasteiger partial charge is 0.236 e. The van der Waals surface area contributed by atoms with Gasteiger partial charge >= 0.3 is 0 Å². The molecular weight excluding hydrogens is 250 g/mol. The minimum Gasteiger partial charge on any atom is -0.399 e. The van der Waals surface area contributed by atoms with Crippen molar-refractivity contribution in [1.29, 1.82) is 0 Å². The van der Waals surface area contributed by atoms with Crippen molar-refractivity contribution in [2.75, 3.05) is 19.3 Å². The van der Waals surface area contributed by atoms with Gasteiger partial charge in [-0.2, -0.15) is 0 Å². The largest absolute Gasteiger partial charge is 0.399 e. The Morgan fingerprint density at radius 2 is 1.90 bits per heavy atom. The van der Waals surface area contributed by atoms with E-state index in [1.54, 1.807) is 0 Å². The van der Waals surface area contributed by atoms with Crippen LogP contribution in [0.25, 0.3) is 0 Å². The zero-order chi connectivity index (χ0) is 14.7. The van der Waals surface area contributed by atoms with Gasteiger partial charge in [0, 0.05) is 31.4 Å². The Hall–Kier alpha value is -1.55. The van der Waals surface area contributed by atoms with Crippen molar-refractivity contribution in [1.82, 2.24) is 9.80 Å². The normalized spacial score (nSPS) is 14.8. The van der Waals surface area contributed by atoms with Crippen molar-refractivity contribution in [2.45, 2.75) is 45.3 Å². The summed E-state index contributed by atoms with van der Waals surface area (Å²) in [6, 6.07) is 8.69. The molecule has 110 valence electrons. The van der Waals surface area contributed by atoms with Crippen molar-refractivity contribution in [2.24, 2.45) is 0 Å². The number of nitrogens with zero attached hydrogens (tertiary/aromatic N) is 2. The van der Waals surface area contributed by atoms with Crippen LogP contribution in [0, 0.1) is 0 Å². The van der Waals surface area contributed by atoms with Crippen LogP contribution in [0.1, 0.15) is 32.3 Å². The number of rotatable bonds is 6. The summed E-state index contributed by atoms with van der Waals surface area (Å²) in [5.41, 5.74) is 7.67. The number of anilines is 1. The van der Waals surface area contributed by atoms with E-state index in [0.717, 1.165) is 25.1 Å². The lowest BCUT2D eigenvalue weighted by Gasteiger charge is -2.28. The highest BCUT2D eigenvalue weighted by Gasteiger charge is 2.30. The molecule has 0 aromatic heterocycles. The van der Waals surface area contributed by atoms with E-state index < -0.39 is 0 Å². The van der Waals surface area contributed by atoms with Crippen LogP contribution in [-0.2, 0) is 11.3 Å². The standard InChI is InChI=1S/C16H25N3O/c1-12(2)19(10-13-4-6-14(17)7-5-13)11-16(20)18(3)15-8-9-15/h4-7,12,15H,8-11,17H2,1-3H3. The maximum absolute atomic E-state index is 12.2. The van der Waals surface area contributed by atoms with Gasteiger partial charge in [-0.05, 0) is 44.4 Å². The number of hydrogen-bond donors (Lipinski definition) is 1. The average molecular weight is 275 g/mol. The van der Waals surface area contributed by atoms with Crippen LogP contribution in [0.5, 0.6) is 0 Å². The van der Waals surface area contributed by atoms with Crippen LogP contribution < -0.4 is 5.73 Å². The van der Waals surface area contributed by atoms with E-state index in [9.17, 15) is 4.79 Å². The molecule has 0 saturated heterocycles. The fourth-order valence-corrected chi connectivity index (χ4v) is 2.23. The quantitative estimate of drug-likeness (QED) is 0.809. The van der Waals surface area contributed by atoms with Gasteiger partial charge in [0.15, 0.2) is 0 Å². The molecule has 4 nitrogen and oxygen atoms in total. The molecule has 1 aliphatic rings. The first-order chi connectivity index (χ1) is 9.47. The first-order valence-electron chi connectivity index (χ1n) is 7.31. The molecule has 0 heterocycles. The van der Waals surface area contributed by atoms with Gasteiger partial charge in [0.2, 0.25) is 5.91 Å². The van der Waals surface area contributed by atoms with Crippen LogP contribution in [0.2, 0.25) is 0 Å². The zero-order valence-electron chi connectivity index (χ0n) is 12.7. The highest BCUT2D eigenvalue weighted by Crippen LogP contribution is 2.25. The first-order valence-corrected chi connectivity index (χ1v) is 7.31. The number of nitrogens with two attached hydrogens (primary N) is 1. The summed E-state index contributed by atoms with van der Waals surface area (Å²) in [4.78, 5) is 16.4. The molecule has 1 aromatic rings. The molecule has 1 fully saturated rings. The number of likely N-dealkylation sites (N-methyl/N-ethyl adjacent to an activating group) is 1. The van der Waals surface area contributed by atoms with E-state index in [1.807, 2.05) is 36.2 Å². The molecule has 0 bridgehead atoms. The van der Waals surface area contributed by atoms with Gasteiger partial charge in [0.05, 0.1) is 6.54 Å². The molecular formula is C16H25N3O. The van der Waals surface area contributed by atoms with Crippen LogP contribution in [-0.4, -0.2) is 41.4 Å². The number of amides is 1. The lowest BCUT2D eigenvalue weighted by atomic mass is 10.1. The minimum absolute atomic E-state index is 0.219. The number of carbonyl (C=O) groups is 1. The van der Waals surface area contributed by atoms with Crippen LogP contribution in [0.3, 0.4) is 0 Å². The second kappa shape index (κ2) is 6.27. The Balaban J connectivity index is 1.96. The van der Waals surface area contributed by atoms with Crippen molar-refractivity contribution in [3.05, 3.63) is 29.8 Å². The Morgan fingerprint density at radius 3 is 2.40 bits per heavy atom. The van der Waals surface area contributed by atoms with Gasteiger partial charge in [-0.25, -0.2) is 0 Å². The maximum Gasteiger partial charge on any atom is 0.236 e. The molecule has 4 heteroatoms. The summed E-state index contributed by atoms with van der Waals surface area (Å²) in [5, 5.41) is 0. The summed E-state index contributed by atoms with van der Waals surface area (Å²) in [7, 11) is 1.92. The molecule has 20 heavy (non-hydrogen) atoms. The van der Waals surface area contributed by atoms with E-state index in [4.69, 9.17) is 5.73 Å². The second-order valence-corrected chi connectivity index (χ2v) is 5.98. The zero-order valence-corrected chi connectivity index (χ0v) is 12.7. The van der Waals surface area contributed by atoms with Crippen LogP contribution in [0.15, 0.2) is 24.3 Å². The van der Waals surface area contributed by atoms with Crippen molar-refractivity contribution in [3.8, 4) is 0 Å². The highest BCUT2D eigenvalue weighted by molar-refractivity contribution is 5.78. The molecule has 1 saturated carbocycles.